The largest absolute Gasteiger partial charge is 0.325 e. The van der Waals surface area contributed by atoms with Gasteiger partial charge in [0.25, 0.3) is 0 Å². The molecule has 26 heavy (non-hydrogen) atoms. The van der Waals surface area contributed by atoms with Crippen LogP contribution < -0.4 is 5.32 Å². The normalized spacial score (nSPS) is 19.6. The van der Waals surface area contributed by atoms with E-state index in [9.17, 15) is 13.2 Å². The number of piperidine rings is 1. The number of hydrogen-bond donors (Lipinski definition) is 1. The van der Waals surface area contributed by atoms with Gasteiger partial charge in [-0.2, -0.15) is 4.31 Å². The van der Waals surface area contributed by atoms with Crippen molar-refractivity contribution in [3.63, 3.8) is 0 Å². The molecule has 8 heteroatoms. The van der Waals surface area contributed by atoms with Crippen molar-refractivity contribution in [2.45, 2.75) is 55.1 Å². The monoisotopic (exact) mass is 416 g/mol. The minimum atomic E-state index is -3.63. The smallest absolute Gasteiger partial charge is 0.244 e. The molecule has 0 atom stereocenters. The zero-order valence-electron chi connectivity index (χ0n) is 14.7. The molecule has 1 aromatic rings. The van der Waals surface area contributed by atoms with Crippen molar-refractivity contribution >= 4 is 45.0 Å². The Morgan fingerprint density at radius 1 is 1.15 bits per heavy atom. The molecule has 0 radical (unpaired) electrons. The summed E-state index contributed by atoms with van der Waals surface area (Å²) in [4.78, 5) is 12.3. The van der Waals surface area contributed by atoms with E-state index in [1.54, 1.807) is 17.8 Å². The molecule has 1 N–H and O–H groups in total. The SMILES string of the molecule is O=C(CSC1CCCC1)Nc1ccc(Cl)c(S(=O)(=O)N2CCCCC2)c1. The summed E-state index contributed by atoms with van der Waals surface area (Å²) in [7, 11) is -3.63. The van der Waals surface area contributed by atoms with Gasteiger partial charge in [-0.25, -0.2) is 8.42 Å². The van der Waals surface area contributed by atoms with E-state index in [1.807, 2.05) is 0 Å². The molecule has 1 saturated heterocycles. The third-order valence-corrected chi connectivity index (χ3v) is 8.65. The number of nitrogens with one attached hydrogen (secondary N) is 1. The molecule has 2 aliphatic rings. The lowest BCUT2D eigenvalue weighted by molar-refractivity contribution is -0.113. The number of hydrogen-bond acceptors (Lipinski definition) is 4. The maximum atomic E-state index is 12.9. The fourth-order valence-corrected chi connectivity index (χ4v) is 6.61. The number of carbonyl (C=O) groups excluding carboxylic acids is 1. The molecule has 0 aromatic heterocycles. The van der Waals surface area contributed by atoms with Crippen molar-refractivity contribution in [1.29, 1.82) is 0 Å². The number of carbonyl (C=O) groups is 1. The molecule has 1 saturated carbocycles. The second-order valence-electron chi connectivity index (χ2n) is 6.88. The lowest BCUT2D eigenvalue weighted by Crippen LogP contribution is -2.35. The summed E-state index contributed by atoms with van der Waals surface area (Å²) in [5.41, 5.74) is 0.474. The topological polar surface area (TPSA) is 66.5 Å². The number of rotatable bonds is 6. The maximum absolute atomic E-state index is 12.9. The first kappa shape index (κ1) is 20.0. The summed E-state index contributed by atoms with van der Waals surface area (Å²) in [6.45, 7) is 1.04. The van der Waals surface area contributed by atoms with Crippen molar-refractivity contribution in [3.05, 3.63) is 23.2 Å². The second-order valence-corrected chi connectivity index (χ2v) is 10.5. The number of anilines is 1. The number of halogens is 1. The standard InChI is InChI=1S/C18H25ClN2O3S2/c19-16-9-8-14(20-18(22)13-25-15-6-2-3-7-15)12-17(16)26(23,24)21-10-4-1-5-11-21/h8-9,12,15H,1-7,10-11,13H2,(H,20,22). The third-order valence-electron chi connectivity index (χ3n) is 4.90. The molecule has 1 aliphatic heterocycles. The summed E-state index contributed by atoms with van der Waals surface area (Å²) in [5.74, 6) is 0.284. The lowest BCUT2D eigenvalue weighted by atomic mass is 10.2. The Labute approximate surface area is 164 Å². The van der Waals surface area contributed by atoms with E-state index < -0.39 is 10.0 Å². The number of benzene rings is 1. The average Bonchev–Trinajstić information content (AvgIpc) is 3.16. The van der Waals surface area contributed by atoms with Crippen LogP contribution in [0.25, 0.3) is 0 Å². The first-order chi connectivity index (χ1) is 12.5. The molecule has 144 valence electrons. The Kier molecular flexibility index (Phi) is 6.88. The van der Waals surface area contributed by atoms with Crippen LogP contribution in [0.3, 0.4) is 0 Å². The highest BCUT2D eigenvalue weighted by Crippen LogP contribution is 2.31. The average molecular weight is 417 g/mol. The van der Waals surface area contributed by atoms with Gasteiger partial charge in [-0.3, -0.25) is 4.79 Å². The number of amides is 1. The first-order valence-electron chi connectivity index (χ1n) is 9.18. The molecular formula is C18H25ClN2O3S2. The Morgan fingerprint density at radius 3 is 2.54 bits per heavy atom. The van der Waals surface area contributed by atoms with Crippen molar-refractivity contribution in [2.24, 2.45) is 0 Å². The van der Waals surface area contributed by atoms with Gasteiger partial charge in [-0.15, -0.1) is 11.8 Å². The summed E-state index contributed by atoms with van der Waals surface area (Å²) in [6.07, 6.45) is 7.63. The molecular weight excluding hydrogens is 392 g/mol. The minimum absolute atomic E-state index is 0.0716. The van der Waals surface area contributed by atoms with E-state index in [4.69, 9.17) is 11.6 Å². The fraction of sp³-hybridized carbons (Fsp3) is 0.611. The van der Waals surface area contributed by atoms with Gasteiger partial charge < -0.3 is 5.32 Å². The van der Waals surface area contributed by atoms with E-state index in [2.05, 4.69) is 5.32 Å². The van der Waals surface area contributed by atoms with E-state index >= 15 is 0 Å². The molecule has 1 amide bonds. The lowest BCUT2D eigenvalue weighted by Gasteiger charge is -2.26. The van der Waals surface area contributed by atoms with Crippen LogP contribution in [0.5, 0.6) is 0 Å². The predicted octanol–water partition coefficient (Wildman–Crippen LogP) is 4.13. The van der Waals surface area contributed by atoms with Gasteiger partial charge in [0.2, 0.25) is 15.9 Å². The van der Waals surface area contributed by atoms with Gasteiger partial charge in [0.1, 0.15) is 4.90 Å². The fourth-order valence-electron chi connectivity index (χ4n) is 3.47. The van der Waals surface area contributed by atoms with Crippen LogP contribution in [0.1, 0.15) is 44.9 Å². The van der Waals surface area contributed by atoms with Crippen LogP contribution in [0.4, 0.5) is 5.69 Å². The Bertz CT molecular complexity index is 743. The zero-order valence-corrected chi connectivity index (χ0v) is 17.1. The van der Waals surface area contributed by atoms with E-state index in [0.717, 1.165) is 19.3 Å². The molecule has 0 bridgehead atoms. The van der Waals surface area contributed by atoms with Gasteiger partial charge in [0.15, 0.2) is 0 Å². The molecule has 1 heterocycles. The summed E-state index contributed by atoms with van der Waals surface area (Å²) in [6, 6.07) is 4.66. The minimum Gasteiger partial charge on any atom is -0.325 e. The van der Waals surface area contributed by atoms with Gasteiger partial charge in [0.05, 0.1) is 10.8 Å². The van der Waals surface area contributed by atoms with E-state index in [0.29, 0.717) is 29.8 Å². The Hall–Kier alpha value is -0.760. The highest BCUT2D eigenvalue weighted by molar-refractivity contribution is 8.00. The molecule has 2 fully saturated rings. The van der Waals surface area contributed by atoms with E-state index in [-0.39, 0.29) is 15.8 Å². The van der Waals surface area contributed by atoms with Crippen molar-refractivity contribution < 1.29 is 13.2 Å². The van der Waals surface area contributed by atoms with Gasteiger partial charge in [-0.05, 0) is 43.9 Å². The van der Waals surface area contributed by atoms with Gasteiger partial charge >= 0.3 is 0 Å². The zero-order chi connectivity index (χ0) is 18.6. The second kappa shape index (κ2) is 8.95. The molecule has 0 spiro atoms. The van der Waals surface area contributed by atoms with Crippen LogP contribution in [-0.4, -0.2) is 42.7 Å². The highest BCUT2D eigenvalue weighted by atomic mass is 35.5. The Balaban J connectivity index is 1.67. The van der Waals surface area contributed by atoms with Crippen LogP contribution in [0.2, 0.25) is 5.02 Å². The maximum Gasteiger partial charge on any atom is 0.244 e. The molecule has 0 unspecified atom stereocenters. The number of sulfonamides is 1. The molecule has 5 nitrogen and oxygen atoms in total. The summed E-state index contributed by atoms with van der Waals surface area (Å²) in [5, 5.41) is 3.57. The van der Waals surface area contributed by atoms with Gasteiger partial charge in [-0.1, -0.05) is 30.9 Å². The van der Waals surface area contributed by atoms with Crippen LogP contribution in [0.15, 0.2) is 23.1 Å². The van der Waals surface area contributed by atoms with Gasteiger partial charge in [0, 0.05) is 24.0 Å². The molecule has 1 aliphatic carbocycles. The predicted molar refractivity (Wildman–Crippen MR) is 107 cm³/mol. The number of nitrogens with zero attached hydrogens (tertiary/aromatic N) is 1. The molecule has 1 aromatic carbocycles. The third kappa shape index (κ3) is 4.94. The highest BCUT2D eigenvalue weighted by Gasteiger charge is 2.28. The van der Waals surface area contributed by atoms with Crippen molar-refractivity contribution in [1.82, 2.24) is 4.31 Å². The Morgan fingerprint density at radius 2 is 1.85 bits per heavy atom. The van der Waals surface area contributed by atoms with Crippen LogP contribution >= 0.6 is 23.4 Å². The summed E-state index contributed by atoms with van der Waals surface area (Å²) < 4.78 is 27.2. The number of thioether (sulfide) groups is 1. The summed E-state index contributed by atoms with van der Waals surface area (Å²) >= 11 is 7.84. The molecule has 3 rings (SSSR count). The van der Waals surface area contributed by atoms with Crippen LogP contribution in [0, 0.1) is 0 Å². The quantitative estimate of drug-likeness (QED) is 0.757. The van der Waals surface area contributed by atoms with Crippen LogP contribution in [-0.2, 0) is 14.8 Å². The van der Waals surface area contributed by atoms with E-state index in [1.165, 1.54) is 42.1 Å². The van der Waals surface area contributed by atoms with Crippen molar-refractivity contribution in [3.8, 4) is 0 Å². The van der Waals surface area contributed by atoms with Crippen molar-refractivity contribution in [2.75, 3.05) is 24.2 Å². The first-order valence-corrected chi connectivity index (χ1v) is 12.0.